The molecule has 0 aliphatic heterocycles. The van der Waals surface area contributed by atoms with Gasteiger partial charge in [-0.15, -0.1) is 0 Å². The predicted octanol–water partition coefficient (Wildman–Crippen LogP) is -4.09. The third-order valence-corrected chi connectivity index (χ3v) is 0. The van der Waals surface area contributed by atoms with Gasteiger partial charge >= 0.3 is 80.0 Å². The van der Waals surface area contributed by atoms with Gasteiger partial charge in [0.1, 0.15) is 0 Å². The molecule has 7 heavy (non-hydrogen) atoms. The van der Waals surface area contributed by atoms with Crippen molar-refractivity contribution in [2.75, 3.05) is 0 Å². The van der Waals surface area contributed by atoms with E-state index in [1.54, 1.807) is 0 Å². The molecule has 0 heterocycles. The molecule has 0 atom stereocenters. The van der Waals surface area contributed by atoms with E-state index in [0.717, 1.165) is 0 Å². The van der Waals surface area contributed by atoms with Crippen LogP contribution in [0.4, 0.5) is 0 Å². The quantitative estimate of drug-likeness (QED) is 0.378. The van der Waals surface area contributed by atoms with Gasteiger partial charge in [-0.3, -0.25) is 0 Å². The molecule has 0 aromatic heterocycles. The van der Waals surface area contributed by atoms with Gasteiger partial charge in [0.25, 0.3) is 0 Å². The fourth-order valence-electron chi connectivity index (χ4n) is 0. The van der Waals surface area contributed by atoms with Gasteiger partial charge in [0.2, 0.25) is 0 Å². The summed E-state index contributed by atoms with van der Waals surface area (Å²) in [7, 11) is 0. The van der Waals surface area contributed by atoms with E-state index >= 15 is 0 Å². The first-order valence-electron chi connectivity index (χ1n) is 0.632. The average molecular weight is 176 g/mol. The van der Waals surface area contributed by atoms with Gasteiger partial charge < -0.3 is 5.48 Å². The predicted molar refractivity (Wildman–Crippen MR) is 6.21 cm³/mol. The standard InChI is InChI=1S/K.Mn.2H2O.3O/h;;2*1H2;;;/q2*+1;;;;;/p-2. The zero-order valence-electron chi connectivity index (χ0n) is 3.50. The van der Waals surface area contributed by atoms with Crippen molar-refractivity contribution >= 4 is 0 Å². The van der Waals surface area contributed by atoms with E-state index in [0.29, 0.717) is 0 Å². The van der Waals surface area contributed by atoms with Gasteiger partial charge in [0, 0.05) is 0 Å². The van der Waals surface area contributed by atoms with E-state index < -0.39 is 13.0 Å². The van der Waals surface area contributed by atoms with E-state index in [1.807, 2.05) is 0 Å². The van der Waals surface area contributed by atoms with E-state index in [-0.39, 0.29) is 56.9 Å². The van der Waals surface area contributed by atoms with Crippen molar-refractivity contribution in [3.05, 3.63) is 0 Å². The molecule has 0 aromatic carbocycles. The molecule has 0 saturated carbocycles. The Morgan fingerprint density at radius 3 is 1.14 bits per heavy atom. The van der Waals surface area contributed by atoms with Crippen LogP contribution in [-0.2, 0) is 24.5 Å². The number of hydrogen-bond donors (Lipinski definition) is 1. The molecule has 0 spiro atoms. The van der Waals surface area contributed by atoms with E-state index in [2.05, 4.69) is 0 Å². The fraction of sp³-hybridized carbons (Fsp3) is 0. The van der Waals surface area contributed by atoms with E-state index in [4.69, 9.17) is 15.7 Å². The molecule has 5 nitrogen and oxygen atoms in total. The Labute approximate surface area is 84.0 Å². The van der Waals surface area contributed by atoms with Gasteiger partial charge in [-0.25, -0.2) is 0 Å². The van der Waals surface area contributed by atoms with Crippen molar-refractivity contribution in [2.45, 2.75) is 0 Å². The molecule has 0 aliphatic carbocycles. The van der Waals surface area contributed by atoms with Crippen molar-refractivity contribution in [3.8, 4) is 0 Å². The number of rotatable bonds is 0. The van der Waals surface area contributed by atoms with Gasteiger partial charge in [0.15, 0.2) is 0 Å². The van der Waals surface area contributed by atoms with Crippen LogP contribution in [0.15, 0.2) is 0 Å². The summed E-state index contributed by atoms with van der Waals surface area (Å²) < 4.78 is 33.1. The van der Waals surface area contributed by atoms with Crippen LogP contribution in [0.25, 0.3) is 0 Å². The van der Waals surface area contributed by atoms with Crippen molar-refractivity contribution in [1.82, 2.24) is 0 Å². The van der Waals surface area contributed by atoms with Crippen LogP contribution in [0.2, 0.25) is 0 Å². The molecule has 0 amide bonds. The summed E-state index contributed by atoms with van der Waals surface area (Å²) in [5.74, 6) is 0. The zero-order valence-corrected chi connectivity index (χ0v) is 7.80. The van der Waals surface area contributed by atoms with Gasteiger partial charge in [0.05, 0.1) is 0 Å². The molecular weight excluding hydrogens is 174 g/mol. The molecule has 0 unspecified atom stereocenters. The molecule has 40 valence electrons. The van der Waals surface area contributed by atoms with Crippen molar-refractivity contribution in [3.63, 3.8) is 0 Å². The molecule has 0 saturated heterocycles. The zero-order chi connectivity index (χ0) is 4.50. The monoisotopic (exact) mass is 176 g/mol. The summed E-state index contributed by atoms with van der Waals surface area (Å²) in [4.78, 5) is 0. The minimum atomic E-state index is -5.38. The van der Waals surface area contributed by atoms with E-state index in [1.165, 1.54) is 0 Å². The summed E-state index contributed by atoms with van der Waals surface area (Å²) in [6.45, 7) is 0. The molecule has 2 N–H and O–H groups in total. The Balaban J connectivity index is -0.0000000800. The second-order valence-electron chi connectivity index (χ2n) is 0.396. The SMILES string of the molecule is [K+].[OH-].[O]=[Mn](=[O])(=[O])[OH]. The summed E-state index contributed by atoms with van der Waals surface area (Å²) in [6, 6.07) is 0. The molecule has 0 aromatic rings. The van der Waals surface area contributed by atoms with Crippen LogP contribution in [0.5, 0.6) is 0 Å². The fourth-order valence-corrected chi connectivity index (χ4v) is 0. The van der Waals surface area contributed by atoms with Crippen LogP contribution in [-0.4, -0.2) is 9.67 Å². The first kappa shape index (κ1) is 15.8. The third kappa shape index (κ3) is 103. The van der Waals surface area contributed by atoms with Crippen molar-refractivity contribution in [1.29, 1.82) is 0 Å². The Bertz CT molecular complexity index is 129. The van der Waals surface area contributed by atoms with E-state index in [9.17, 15) is 0 Å². The van der Waals surface area contributed by atoms with Crippen LogP contribution in [0.1, 0.15) is 0 Å². The van der Waals surface area contributed by atoms with Gasteiger partial charge in [-0.1, -0.05) is 0 Å². The number of hydrogen-bond acceptors (Lipinski definition) is 4. The van der Waals surface area contributed by atoms with Crippen LogP contribution in [0.3, 0.4) is 0 Å². The first-order valence-corrected chi connectivity index (χ1v) is 2.61. The minimum absolute atomic E-state index is 0. The summed E-state index contributed by atoms with van der Waals surface area (Å²) in [6.07, 6.45) is 0. The Hall–Kier alpha value is 1.48. The third-order valence-electron chi connectivity index (χ3n) is 0. The molecule has 0 aliphatic rings. The molecular formula is H2KMnO5. The molecule has 0 bridgehead atoms. The maximum atomic E-state index is 8.69. The summed E-state index contributed by atoms with van der Waals surface area (Å²) in [5, 5.41) is 0. The van der Waals surface area contributed by atoms with Crippen LogP contribution >= 0.6 is 0 Å². The second kappa shape index (κ2) is 5.61. The van der Waals surface area contributed by atoms with Crippen molar-refractivity contribution < 1.29 is 85.5 Å². The topological polar surface area (TPSA) is 101 Å². The normalized spacial score (nSPS) is 8.14. The Kier molecular flexibility index (Phi) is 12.7. The summed E-state index contributed by atoms with van der Waals surface area (Å²) in [5.41, 5.74) is 0. The Morgan fingerprint density at radius 1 is 1.14 bits per heavy atom. The average Bonchev–Trinajstić information content (AvgIpc) is 0.722. The van der Waals surface area contributed by atoms with Crippen LogP contribution < -0.4 is 51.4 Å². The van der Waals surface area contributed by atoms with Crippen molar-refractivity contribution in [2.24, 2.45) is 0 Å². The maximum absolute atomic E-state index is 8.69. The molecule has 0 radical (unpaired) electrons. The van der Waals surface area contributed by atoms with Crippen LogP contribution in [0, 0.1) is 0 Å². The molecule has 0 fully saturated rings. The first-order chi connectivity index (χ1) is 2.00. The van der Waals surface area contributed by atoms with Gasteiger partial charge in [-0.2, -0.15) is 0 Å². The Morgan fingerprint density at radius 2 is 1.14 bits per heavy atom. The summed E-state index contributed by atoms with van der Waals surface area (Å²) >= 11 is -5.38. The molecule has 7 heteroatoms. The molecule has 0 rings (SSSR count). The second-order valence-corrected chi connectivity index (χ2v) is 1.63. The van der Waals surface area contributed by atoms with Gasteiger partial charge in [-0.05, 0) is 0 Å².